The van der Waals surface area contributed by atoms with Crippen LogP contribution < -0.4 is 0 Å². The number of aliphatic hydroxyl groups is 1. The van der Waals surface area contributed by atoms with E-state index in [1.54, 1.807) is 0 Å². The molecule has 7 nitrogen and oxygen atoms in total. The van der Waals surface area contributed by atoms with Crippen LogP contribution in [0.5, 0.6) is 5.75 Å². The minimum absolute atomic E-state index is 0.0865. The second-order valence-corrected chi connectivity index (χ2v) is 6.35. The van der Waals surface area contributed by atoms with E-state index in [9.17, 15) is 23.4 Å². The van der Waals surface area contributed by atoms with E-state index in [1.165, 1.54) is 20.0 Å². The first-order valence-corrected chi connectivity index (χ1v) is 7.20. The predicted molar refractivity (Wildman–Crippen MR) is 70.9 cm³/mol. The van der Waals surface area contributed by atoms with Crippen molar-refractivity contribution in [1.82, 2.24) is 4.31 Å². The Labute approximate surface area is 117 Å². The number of phenolic OH excluding ortho intramolecular Hbond substituents is 1. The summed E-state index contributed by atoms with van der Waals surface area (Å²) < 4.78 is 29.9. The fourth-order valence-corrected chi connectivity index (χ4v) is 2.88. The molecule has 112 valence electrons. The Hall–Kier alpha value is -1.64. The van der Waals surface area contributed by atoms with Crippen LogP contribution in [0.4, 0.5) is 0 Å². The fourth-order valence-electron chi connectivity index (χ4n) is 1.60. The summed E-state index contributed by atoms with van der Waals surface area (Å²) in [5.41, 5.74) is -0.237. The number of likely N-dealkylation sites (N-methyl/N-ethyl adjacent to an activating group) is 1. The molecule has 20 heavy (non-hydrogen) atoms. The molecule has 1 rings (SSSR count). The second kappa shape index (κ2) is 6.21. The van der Waals surface area contributed by atoms with Crippen molar-refractivity contribution in [2.45, 2.75) is 17.9 Å². The zero-order valence-corrected chi connectivity index (χ0v) is 12.2. The molecule has 0 radical (unpaired) electrons. The molecule has 0 heterocycles. The van der Waals surface area contributed by atoms with E-state index in [4.69, 9.17) is 0 Å². The number of esters is 1. The maximum Gasteiger partial charge on any atom is 0.341 e. The first kappa shape index (κ1) is 16.4. The molecule has 0 aliphatic heterocycles. The van der Waals surface area contributed by atoms with Crippen LogP contribution in [0.2, 0.25) is 0 Å². The SMILES string of the molecule is COC(=O)c1cc(S(=O)(=O)N(C)CC(C)O)ccc1O. The third-order valence-electron chi connectivity index (χ3n) is 2.60. The third-order valence-corrected chi connectivity index (χ3v) is 4.42. The molecule has 0 aromatic heterocycles. The fraction of sp³-hybridized carbons (Fsp3) is 0.417. The molecule has 1 atom stereocenters. The monoisotopic (exact) mass is 303 g/mol. The molecule has 0 saturated carbocycles. The Morgan fingerprint density at radius 2 is 2.05 bits per heavy atom. The van der Waals surface area contributed by atoms with Gasteiger partial charge in [0.1, 0.15) is 11.3 Å². The van der Waals surface area contributed by atoms with E-state index in [0.29, 0.717) is 0 Å². The average Bonchev–Trinajstić information content (AvgIpc) is 2.37. The van der Waals surface area contributed by atoms with Gasteiger partial charge >= 0.3 is 5.97 Å². The van der Waals surface area contributed by atoms with Crippen LogP contribution in [0.15, 0.2) is 23.1 Å². The molecule has 8 heteroatoms. The van der Waals surface area contributed by atoms with Gasteiger partial charge in [-0.05, 0) is 25.1 Å². The van der Waals surface area contributed by atoms with Gasteiger partial charge in [0, 0.05) is 13.6 Å². The van der Waals surface area contributed by atoms with Crippen LogP contribution in [-0.4, -0.2) is 55.7 Å². The van der Waals surface area contributed by atoms with Crippen molar-refractivity contribution in [1.29, 1.82) is 0 Å². The summed E-state index contributed by atoms with van der Waals surface area (Å²) in [6, 6.07) is 3.32. The number of aliphatic hydroxyl groups excluding tert-OH is 1. The summed E-state index contributed by atoms with van der Waals surface area (Å²) in [6.45, 7) is 1.37. The van der Waals surface area contributed by atoms with E-state index in [2.05, 4.69) is 4.74 Å². The third kappa shape index (κ3) is 3.47. The van der Waals surface area contributed by atoms with E-state index in [1.807, 2.05) is 0 Å². The Kier molecular flexibility index (Phi) is 5.09. The lowest BCUT2D eigenvalue weighted by molar-refractivity contribution is 0.0597. The lowest BCUT2D eigenvalue weighted by Gasteiger charge is -2.19. The Morgan fingerprint density at radius 1 is 1.45 bits per heavy atom. The van der Waals surface area contributed by atoms with E-state index < -0.39 is 22.1 Å². The molecule has 0 fully saturated rings. The van der Waals surface area contributed by atoms with Crippen molar-refractivity contribution < 1.29 is 28.2 Å². The highest BCUT2D eigenvalue weighted by Crippen LogP contribution is 2.23. The zero-order valence-electron chi connectivity index (χ0n) is 11.4. The highest BCUT2D eigenvalue weighted by atomic mass is 32.2. The lowest BCUT2D eigenvalue weighted by atomic mass is 10.2. The van der Waals surface area contributed by atoms with Gasteiger partial charge in [-0.2, -0.15) is 4.31 Å². The van der Waals surface area contributed by atoms with Gasteiger partial charge in [0.2, 0.25) is 10.0 Å². The Morgan fingerprint density at radius 3 is 2.55 bits per heavy atom. The highest BCUT2D eigenvalue weighted by molar-refractivity contribution is 7.89. The van der Waals surface area contributed by atoms with Gasteiger partial charge in [-0.3, -0.25) is 0 Å². The van der Waals surface area contributed by atoms with Gasteiger partial charge in [-0.1, -0.05) is 0 Å². The van der Waals surface area contributed by atoms with Crippen molar-refractivity contribution in [2.24, 2.45) is 0 Å². The summed E-state index contributed by atoms with van der Waals surface area (Å²) in [5, 5.41) is 18.8. The van der Waals surface area contributed by atoms with Gasteiger partial charge in [0.25, 0.3) is 0 Å². The standard InChI is InChI=1S/C12H17NO6S/c1-8(14)7-13(2)20(17,18)9-4-5-11(15)10(6-9)12(16)19-3/h4-6,8,14-15H,7H2,1-3H3. The minimum Gasteiger partial charge on any atom is -0.507 e. The van der Waals surface area contributed by atoms with E-state index >= 15 is 0 Å². The zero-order chi connectivity index (χ0) is 15.5. The topological polar surface area (TPSA) is 104 Å². The molecule has 2 N–H and O–H groups in total. The minimum atomic E-state index is -3.86. The van der Waals surface area contributed by atoms with Crippen LogP contribution in [0.1, 0.15) is 17.3 Å². The molecule has 0 saturated heterocycles. The number of aromatic hydroxyl groups is 1. The first-order chi connectivity index (χ1) is 9.20. The van der Waals surface area contributed by atoms with Crippen molar-refractivity contribution >= 4 is 16.0 Å². The van der Waals surface area contributed by atoms with Crippen LogP contribution in [0.3, 0.4) is 0 Å². The van der Waals surface area contributed by atoms with Crippen molar-refractivity contribution in [3.63, 3.8) is 0 Å². The molecule has 0 aliphatic rings. The summed E-state index contributed by atoms with van der Waals surface area (Å²) >= 11 is 0. The smallest absolute Gasteiger partial charge is 0.341 e. The van der Waals surface area contributed by atoms with Gasteiger partial charge in [0.05, 0.1) is 18.1 Å². The number of hydrogen-bond donors (Lipinski definition) is 2. The van der Waals surface area contributed by atoms with Crippen LogP contribution in [0, 0.1) is 0 Å². The summed E-state index contributed by atoms with van der Waals surface area (Å²) in [4.78, 5) is 11.3. The quantitative estimate of drug-likeness (QED) is 0.752. The number of benzene rings is 1. The molecule has 0 bridgehead atoms. The molecule has 0 spiro atoms. The second-order valence-electron chi connectivity index (χ2n) is 4.31. The number of carbonyl (C=O) groups excluding carboxylic acids is 1. The van der Waals surface area contributed by atoms with Crippen LogP contribution >= 0.6 is 0 Å². The number of methoxy groups -OCH3 is 1. The molecule has 1 unspecified atom stereocenters. The molecule has 0 amide bonds. The molecular formula is C12H17NO6S. The van der Waals surface area contributed by atoms with Gasteiger partial charge in [-0.25, -0.2) is 13.2 Å². The van der Waals surface area contributed by atoms with Gasteiger partial charge in [0.15, 0.2) is 0 Å². The van der Waals surface area contributed by atoms with Crippen molar-refractivity contribution in [3.8, 4) is 5.75 Å². The highest BCUT2D eigenvalue weighted by Gasteiger charge is 2.24. The number of ether oxygens (including phenoxy) is 1. The summed E-state index contributed by atoms with van der Waals surface area (Å²) in [5.74, 6) is -1.20. The maximum absolute atomic E-state index is 12.2. The number of rotatable bonds is 5. The molecule has 1 aromatic rings. The average molecular weight is 303 g/mol. The van der Waals surface area contributed by atoms with Gasteiger partial charge in [-0.15, -0.1) is 0 Å². The van der Waals surface area contributed by atoms with Gasteiger partial charge < -0.3 is 14.9 Å². The van der Waals surface area contributed by atoms with Crippen molar-refractivity contribution in [3.05, 3.63) is 23.8 Å². The number of hydrogen-bond acceptors (Lipinski definition) is 6. The number of nitrogens with zero attached hydrogens (tertiary/aromatic N) is 1. The number of sulfonamides is 1. The maximum atomic E-state index is 12.2. The molecular weight excluding hydrogens is 286 g/mol. The van der Waals surface area contributed by atoms with E-state index in [0.717, 1.165) is 23.5 Å². The number of phenols is 1. The molecule has 1 aromatic carbocycles. The first-order valence-electron chi connectivity index (χ1n) is 5.76. The van der Waals surface area contributed by atoms with Crippen molar-refractivity contribution in [2.75, 3.05) is 20.7 Å². The Balaban J connectivity index is 3.23. The van der Waals surface area contributed by atoms with E-state index in [-0.39, 0.29) is 22.8 Å². The van der Waals surface area contributed by atoms with Crippen LogP contribution in [0.25, 0.3) is 0 Å². The summed E-state index contributed by atoms with van der Waals surface area (Å²) in [6.07, 6.45) is -0.827. The number of carbonyl (C=O) groups is 1. The largest absolute Gasteiger partial charge is 0.507 e. The predicted octanol–water partition coefficient (Wildman–Crippen LogP) is 0.180. The lowest BCUT2D eigenvalue weighted by Crippen LogP contribution is -2.33. The normalized spacial score (nSPS) is 13.2. The Bertz CT molecular complexity index is 596. The molecule has 0 aliphatic carbocycles. The summed E-state index contributed by atoms with van der Waals surface area (Å²) in [7, 11) is -1.42. The van der Waals surface area contributed by atoms with Crippen LogP contribution in [-0.2, 0) is 14.8 Å².